The highest BCUT2D eigenvalue weighted by Crippen LogP contribution is 2.26. The molecule has 0 spiro atoms. The van der Waals surface area contributed by atoms with Gasteiger partial charge in [-0.05, 0) is 42.4 Å². The average molecular weight is 292 g/mol. The molecule has 2 unspecified atom stereocenters. The van der Waals surface area contributed by atoms with Gasteiger partial charge in [0.05, 0.1) is 6.04 Å². The molecular weight excluding hydrogens is 268 g/mol. The summed E-state index contributed by atoms with van der Waals surface area (Å²) in [5.41, 5.74) is 6.76. The zero-order valence-corrected chi connectivity index (χ0v) is 12.6. The molecule has 1 saturated heterocycles. The van der Waals surface area contributed by atoms with Crippen LogP contribution in [0.25, 0.3) is 0 Å². The highest BCUT2D eigenvalue weighted by molar-refractivity contribution is 5.82. The van der Waals surface area contributed by atoms with Crippen LogP contribution in [0.5, 0.6) is 11.5 Å². The van der Waals surface area contributed by atoms with Crippen molar-refractivity contribution >= 4 is 5.91 Å². The summed E-state index contributed by atoms with van der Waals surface area (Å²) in [6.45, 7) is 5.83. The third-order valence-corrected chi connectivity index (χ3v) is 3.99. The summed E-state index contributed by atoms with van der Waals surface area (Å²) in [7, 11) is 0. The van der Waals surface area contributed by atoms with E-state index in [0.717, 1.165) is 25.1 Å². The lowest BCUT2D eigenvalue weighted by molar-refractivity contribution is -0.135. The second-order valence-corrected chi connectivity index (χ2v) is 6.32. The van der Waals surface area contributed by atoms with Crippen LogP contribution in [0, 0.1) is 11.8 Å². The van der Waals surface area contributed by atoms with Crippen LogP contribution in [0.4, 0.5) is 0 Å². The second kappa shape index (κ2) is 6.35. The fourth-order valence-corrected chi connectivity index (χ4v) is 3.11. The van der Waals surface area contributed by atoms with Crippen molar-refractivity contribution in [2.24, 2.45) is 17.6 Å². The molecule has 0 bridgehead atoms. The first kappa shape index (κ1) is 15.6. The number of hydrogen-bond acceptors (Lipinski definition) is 4. The van der Waals surface area contributed by atoms with Crippen molar-refractivity contribution in [1.29, 1.82) is 0 Å². The first-order chi connectivity index (χ1) is 9.86. The van der Waals surface area contributed by atoms with Crippen LogP contribution in [0.2, 0.25) is 0 Å². The van der Waals surface area contributed by atoms with E-state index >= 15 is 0 Å². The van der Waals surface area contributed by atoms with Crippen LogP contribution >= 0.6 is 0 Å². The van der Waals surface area contributed by atoms with E-state index in [9.17, 15) is 15.0 Å². The van der Waals surface area contributed by atoms with Crippen molar-refractivity contribution in [3.63, 3.8) is 0 Å². The Labute approximate surface area is 125 Å². The van der Waals surface area contributed by atoms with Gasteiger partial charge in [-0.25, -0.2) is 0 Å². The minimum absolute atomic E-state index is 0.0408. The second-order valence-electron chi connectivity index (χ2n) is 6.32. The summed E-state index contributed by atoms with van der Waals surface area (Å²) >= 11 is 0. The molecule has 3 atom stereocenters. The van der Waals surface area contributed by atoms with E-state index in [-0.39, 0.29) is 17.4 Å². The smallest absolute Gasteiger partial charge is 0.239 e. The van der Waals surface area contributed by atoms with E-state index in [4.69, 9.17) is 5.73 Å². The molecule has 0 radical (unpaired) electrons. The van der Waals surface area contributed by atoms with E-state index in [2.05, 4.69) is 13.8 Å². The number of aromatic hydroxyl groups is 2. The number of carbonyl (C=O) groups excluding carboxylic acids is 1. The van der Waals surface area contributed by atoms with Crippen molar-refractivity contribution in [3.8, 4) is 11.5 Å². The summed E-state index contributed by atoms with van der Waals surface area (Å²) < 4.78 is 0. The number of hydrogen-bond donors (Lipinski definition) is 3. The Hall–Kier alpha value is -1.75. The van der Waals surface area contributed by atoms with Crippen molar-refractivity contribution in [3.05, 3.63) is 23.8 Å². The predicted octanol–water partition coefficient (Wildman–Crippen LogP) is 1.47. The van der Waals surface area contributed by atoms with Crippen molar-refractivity contribution in [2.45, 2.75) is 32.7 Å². The fraction of sp³-hybridized carbons (Fsp3) is 0.562. The van der Waals surface area contributed by atoms with Gasteiger partial charge in [0.2, 0.25) is 5.91 Å². The number of amides is 1. The Kier molecular flexibility index (Phi) is 4.73. The molecule has 0 aromatic heterocycles. The van der Waals surface area contributed by atoms with Crippen LogP contribution in [0.15, 0.2) is 18.2 Å². The van der Waals surface area contributed by atoms with E-state index in [1.807, 2.05) is 4.90 Å². The number of carbonyl (C=O) groups is 1. The number of phenols is 2. The lowest BCUT2D eigenvalue weighted by atomic mass is 9.91. The number of rotatable bonds is 3. The molecule has 21 heavy (non-hydrogen) atoms. The maximum atomic E-state index is 12.4. The Morgan fingerprint density at radius 1 is 1.29 bits per heavy atom. The van der Waals surface area contributed by atoms with Gasteiger partial charge >= 0.3 is 0 Å². The van der Waals surface area contributed by atoms with E-state index in [0.29, 0.717) is 18.3 Å². The van der Waals surface area contributed by atoms with Crippen LogP contribution in [-0.2, 0) is 11.2 Å². The van der Waals surface area contributed by atoms with E-state index in [1.54, 1.807) is 6.07 Å². The topological polar surface area (TPSA) is 86.8 Å². The summed E-state index contributed by atoms with van der Waals surface area (Å²) in [6, 6.07) is 3.91. The number of benzene rings is 1. The molecule has 2 rings (SSSR count). The molecular formula is C16H24N2O3. The zero-order valence-electron chi connectivity index (χ0n) is 12.6. The third kappa shape index (κ3) is 3.88. The number of piperidine rings is 1. The Balaban J connectivity index is 2.00. The van der Waals surface area contributed by atoms with Gasteiger partial charge in [-0.2, -0.15) is 0 Å². The Morgan fingerprint density at radius 2 is 1.90 bits per heavy atom. The molecule has 1 aliphatic heterocycles. The van der Waals surface area contributed by atoms with Crippen molar-refractivity contribution < 1.29 is 15.0 Å². The molecule has 5 nitrogen and oxygen atoms in total. The number of phenolic OH excluding ortho intramolecular Hbond substituents is 2. The average Bonchev–Trinajstić information content (AvgIpc) is 2.41. The van der Waals surface area contributed by atoms with Gasteiger partial charge in [0.15, 0.2) is 11.5 Å². The fourth-order valence-electron chi connectivity index (χ4n) is 3.11. The normalized spacial score (nSPS) is 23.9. The SMILES string of the molecule is CC1CC(C)CN(C(=O)[C@@H](N)Cc2ccc(O)c(O)c2)C1. The molecule has 116 valence electrons. The zero-order chi connectivity index (χ0) is 15.6. The lowest BCUT2D eigenvalue weighted by Crippen LogP contribution is -2.50. The molecule has 1 aromatic carbocycles. The first-order valence-electron chi connectivity index (χ1n) is 7.42. The monoisotopic (exact) mass is 292 g/mol. The molecule has 1 amide bonds. The molecule has 1 heterocycles. The standard InChI is InChI=1S/C16H24N2O3/c1-10-5-11(2)9-18(8-10)16(21)13(17)6-12-3-4-14(19)15(20)7-12/h3-4,7,10-11,13,19-20H,5-6,8-9,17H2,1-2H3/t10?,11?,13-/m0/s1. The van der Waals surface area contributed by atoms with Gasteiger partial charge in [-0.15, -0.1) is 0 Å². The summed E-state index contributed by atoms with van der Waals surface area (Å²) in [6.07, 6.45) is 1.50. The maximum Gasteiger partial charge on any atom is 0.239 e. The van der Waals surface area contributed by atoms with Gasteiger partial charge in [-0.1, -0.05) is 19.9 Å². The van der Waals surface area contributed by atoms with Crippen molar-refractivity contribution in [2.75, 3.05) is 13.1 Å². The van der Waals surface area contributed by atoms with Crippen LogP contribution in [-0.4, -0.2) is 40.2 Å². The van der Waals surface area contributed by atoms with Crippen LogP contribution in [0.3, 0.4) is 0 Å². The summed E-state index contributed by atoms with van der Waals surface area (Å²) in [5, 5.41) is 18.8. The summed E-state index contributed by atoms with van der Waals surface area (Å²) in [5.74, 6) is 0.607. The molecule has 5 heteroatoms. The Bertz CT molecular complexity index is 508. The van der Waals surface area contributed by atoms with Gasteiger partial charge in [0, 0.05) is 13.1 Å². The predicted molar refractivity (Wildman–Crippen MR) is 81.0 cm³/mol. The van der Waals surface area contributed by atoms with E-state index < -0.39 is 6.04 Å². The lowest BCUT2D eigenvalue weighted by Gasteiger charge is -2.36. The van der Waals surface area contributed by atoms with Gasteiger partial charge in [0.25, 0.3) is 0 Å². The van der Waals surface area contributed by atoms with Gasteiger partial charge in [0.1, 0.15) is 0 Å². The van der Waals surface area contributed by atoms with Crippen molar-refractivity contribution in [1.82, 2.24) is 4.90 Å². The largest absolute Gasteiger partial charge is 0.504 e. The Morgan fingerprint density at radius 3 is 2.48 bits per heavy atom. The number of likely N-dealkylation sites (tertiary alicyclic amines) is 1. The molecule has 0 aliphatic carbocycles. The third-order valence-electron chi connectivity index (χ3n) is 3.99. The number of nitrogens with two attached hydrogens (primary N) is 1. The summed E-state index contributed by atoms with van der Waals surface area (Å²) in [4.78, 5) is 14.3. The molecule has 0 saturated carbocycles. The van der Waals surface area contributed by atoms with Gasteiger partial charge < -0.3 is 20.8 Å². The highest BCUT2D eigenvalue weighted by atomic mass is 16.3. The maximum absolute atomic E-state index is 12.4. The van der Waals surface area contributed by atoms with Crippen LogP contribution < -0.4 is 5.73 Å². The first-order valence-corrected chi connectivity index (χ1v) is 7.42. The minimum atomic E-state index is -0.619. The molecule has 1 fully saturated rings. The number of nitrogens with zero attached hydrogens (tertiary/aromatic N) is 1. The van der Waals surface area contributed by atoms with Crippen LogP contribution in [0.1, 0.15) is 25.8 Å². The van der Waals surface area contributed by atoms with E-state index in [1.165, 1.54) is 12.1 Å². The highest BCUT2D eigenvalue weighted by Gasteiger charge is 2.28. The molecule has 1 aromatic rings. The molecule has 4 N–H and O–H groups in total. The quantitative estimate of drug-likeness (QED) is 0.736. The minimum Gasteiger partial charge on any atom is -0.504 e. The van der Waals surface area contributed by atoms with Gasteiger partial charge in [-0.3, -0.25) is 4.79 Å². The molecule has 1 aliphatic rings.